The SMILES string of the molecule is CCC(=O)c1c(N2CCC(N)C2)c(F)c(N)c2c(=O)c(C(=O)O)cn(C3CC3)c12. The second-order valence-electron chi connectivity index (χ2n) is 7.76. The van der Waals surface area contributed by atoms with Gasteiger partial charge in [0.05, 0.1) is 27.8 Å². The van der Waals surface area contributed by atoms with Gasteiger partial charge < -0.3 is 26.0 Å². The van der Waals surface area contributed by atoms with Gasteiger partial charge in [-0.05, 0) is 19.3 Å². The van der Waals surface area contributed by atoms with E-state index in [2.05, 4.69) is 0 Å². The molecule has 2 aliphatic rings. The summed E-state index contributed by atoms with van der Waals surface area (Å²) in [5.41, 5.74) is 10.6. The van der Waals surface area contributed by atoms with Crippen LogP contribution in [-0.4, -0.2) is 40.6 Å². The summed E-state index contributed by atoms with van der Waals surface area (Å²) in [6, 6.07) is -0.214. The van der Waals surface area contributed by atoms with Crippen molar-refractivity contribution in [2.75, 3.05) is 23.7 Å². The fourth-order valence-corrected chi connectivity index (χ4v) is 4.12. The van der Waals surface area contributed by atoms with Crippen LogP contribution in [0.1, 0.15) is 59.4 Å². The first-order valence-corrected chi connectivity index (χ1v) is 9.73. The number of aromatic carboxylic acids is 1. The Morgan fingerprint density at radius 2 is 2.00 bits per heavy atom. The molecule has 154 valence electrons. The zero-order chi connectivity index (χ0) is 21.0. The number of benzene rings is 1. The molecule has 0 spiro atoms. The Labute approximate surface area is 165 Å². The molecule has 1 atom stereocenters. The maximum Gasteiger partial charge on any atom is 0.341 e. The number of aromatic nitrogens is 1. The van der Waals surface area contributed by atoms with Crippen LogP contribution in [0.3, 0.4) is 0 Å². The first-order chi connectivity index (χ1) is 13.8. The van der Waals surface area contributed by atoms with Gasteiger partial charge in [0, 0.05) is 37.8 Å². The largest absolute Gasteiger partial charge is 0.477 e. The average Bonchev–Trinajstić information content (AvgIpc) is 3.44. The molecule has 1 aromatic heterocycles. The molecule has 1 aliphatic heterocycles. The predicted octanol–water partition coefficient (Wildman–Crippen LogP) is 1.89. The van der Waals surface area contributed by atoms with Gasteiger partial charge in [0.25, 0.3) is 0 Å². The molecule has 4 rings (SSSR count). The summed E-state index contributed by atoms with van der Waals surface area (Å²) in [4.78, 5) is 39.2. The lowest BCUT2D eigenvalue weighted by molar-refractivity contribution is 0.0694. The van der Waals surface area contributed by atoms with Crippen molar-refractivity contribution >= 4 is 34.0 Å². The number of carbonyl (C=O) groups excluding carboxylic acids is 1. The highest BCUT2D eigenvalue weighted by molar-refractivity contribution is 6.15. The number of nitrogens with two attached hydrogens (primary N) is 2. The van der Waals surface area contributed by atoms with Gasteiger partial charge in [-0.3, -0.25) is 9.59 Å². The molecule has 1 aromatic carbocycles. The van der Waals surface area contributed by atoms with Crippen LogP contribution >= 0.6 is 0 Å². The molecular formula is C20H23FN4O4. The number of hydrogen-bond acceptors (Lipinski definition) is 6. The number of Topliss-reactive ketones (excluding diaryl/α,β-unsaturated/α-hetero) is 1. The summed E-state index contributed by atoms with van der Waals surface area (Å²) in [6.07, 6.45) is 3.55. The number of nitrogen functional groups attached to an aromatic ring is 1. The molecule has 8 nitrogen and oxygen atoms in total. The first kappa shape index (κ1) is 19.4. The summed E-state index contributed by atoms with van der Waals surface area (Å²) >= 11 is 0. The Morgan fingerprint density at radius 3 is 2.52 bits per heavy atom. The third kappa shape index (κ3) is 2.96. The van der Waals surface area contributed by atoms with E-state index in [1.165, 1.54) is 6.20 Å². The highest BCUT2D eigenvalue weighted by Crippen LogP contribution is 2.43. The summed E-state index contributed by atoms with van der Waals surface area (Å²) in [5, 5.41) is 9.22. The number of carboxylic acids is 1. The van der Waals surface area contributed by atoms with Crippen molar-refractivity contribution < 1.29 is 19.1 Å². The summed E-state index contributed by atoms with van der Waals surface area (Å²) in [5.74, 6) is -2.62. The summed E-state index contributed by atoms with van der Waals surface area (Å²) < 4.78 is 17.1. The van der Waals surface area contributed by atoms with E-state index in [-0.39, 0.29) is 46.4 Å². The van der Waals surface area contributed by atoms with Crippen molar-refractivity contribution in [2.45, 2.75) is 44.7 Å². The van der Waals surface area contributed by atoms with Gasteiger partial charge in [0.15, 0.2) is 11.6 Å². The standard InChI is InChI=1S/C20H23FN4O4/c1-2-12(26)13-17-14(16(23)15(21)18(13)24-6-5-9(22)7-24)19(27)11(20(28)29)8-25(17)10-3-4-10/h8-10H,2-7,22-23H2,1H3,(H,28,29). The number of nitrogens with zero attached hydrogens (tertiary/aromatic N) is 2. The third-order valence-electron chi connectivity index (χ3n) is 5.73. The molecule has 2 heterocycles. The molecule has 1 unspecified atom stereocenters. The highest BCUT2D eigenvalue weighted by Gasteiger charge is 2.35. The predicted molar refractivity (Wildman–Crippen MR) is 107 cm³/mol. The lowest BCUT2D eigenvalue weighted by Crippen LogP contribution is -2.30. The van der Waals surface area contributed by atoms with Crippen molar-refractivity contribution in [1.82, 2.24) is 4.57 Å². The molecule has 0 bridgehead atoms. The topological polar surface area (TPSA) is 132 Å². The fraction of sp³-hybridized carbons (Fsp3) is 0.450. The Balaban J connectivity index is 2.18. The Morgan fingerprint density at radius 1 is 1.31 bits per heavy atom. The van der Waals surface area contributed by atoms with Gasteiger partial charge in [0.1, 0.15) is 5.56 Å². The van der Waals surface area contributed by atoms with Gasteiger partial charge in [-0.2, -0.15) is 0 Å². The van der Waals surface area contributed by atoms with Crippen LogP contribution in [0.25, 0.3) is 10.9 Å². The minimum Gasteiger partial charge on any atom is -0.477 e. The molecule has 0 amide bonds. The molecule has 2 fully saturated rings. The van der Waals surface area contributed by atoms with Crippen LogP contribution in [0.4, 0.5) is 15.8 Å². The van der Waals surface area contributed by atoms with Gasteiger partial charge in [-0.1, -0.05) is 6.92 Å². The molecule has 0 radical (unpaired) electrons. The van der Waals surface area contributed by atoms with Crippen molar-refractivity contribution in [3.63, 3.8) is 0 Å². The number of anilines is 2. The monoisotopic (exact) mass is 402 g/mol. The van der Waals surface area contributed by atoms with E-state index in [1.54, 1.807) is 16.4 Å². The zero-order valence-corrected chi connectivity index (χ0v) is 16.1. The van der Waals surface area contributed by atoms with Crippen LogP contribution in [0.15, 0.2) is 11.0 Å². The van der Waals surface area contributed by atoms with Gasteiger partial charge in [-0.25, -0.2) is 9.18 Å². The van der Waals surface area contributed by atoms with Crippen LogP contribution in [0.5, 0.6) is 0 Å². The number of ketones is 1. The molecule has 29 heavy (non-hydrogen) atoms. The van der Waals surface area contributed by atoms with E-state index in [9.17, 15) is 19.5 Å². The van der Waals surface area contributed by atoms with Gasteiger partial charge in [-0.15, -0.1) is 0 Å². The van der Waals surface area contributed by atoms with Crippen LogP contribution < -0.4 is 21.8 Å². The zero-order valence-electron chi connectivity index (χ0n) is 16.1. The Bertz CT molecular complexity index is 1110. The molecule has 1 aliphatic carbocycles. The normalized spacial score (nSPS) is 19.1. The van der Waals surface area contributed by atoms with Crippen LogP contribution in [0, 0.1) is 5.82 Å². The lowest BCUT2D eigenvalue weighted by atomic mass is 9.97. The molecular weight excluding hydrogens is 379 g/mol. The van der Waals surface area contributed by atoms with Gasteiger partial charge >= 0.3 is 5.97 Å². The highest BCUT2D eigenvalue weighted by atomic mass is 19.1. The van der Waals surface area contributed by atoms with E-state index in [1.807, 2.05) is 0 Å². The minimum absolute atomic E-state index is 0.0573. The maximum atomic E-state index is 15.5. The maximum absolute atomic E-state index is 15.5. The number of halogens is 1. The van der Waals surface area contributed by atoms with Crippen molar-refractivity contribution in [3.8, 4) is 0 Å². The summed E-state index contributed by atoms with van der Waals surface area (Å²) in [6.45, 7) is 2.49. The minimum atomic E-state index is -1.41. The average molecular weight is 402 g/mol. The summed E-state index contributed by atoms with van der Waals surface area (Å²) in [7, 11) is 0. The third-order valence-corrected chi connectivity index (χ3v) is 5.73. The van der Waals surface area contributed by atoms with Gasteiger partial charge in [0.2, 0.25) is 5.43 Å². The quantitative estimate of drug-likeness (QED) is 0.514. The van der Waals surface area contributed by atoms with E-state index >= 15 is 4.39 Å². The molecule has 9 heteroatoms. The fourth-order valence-electron chi connectivity index (χ4n) is 4.12. The lowest BCUT2D eigenvalue weighted by Gasteiger charge is -2.26. The smallest absolute Gasteiger partial charge is 0.341 e. The number of pyridine rings is 1. The van der Waals surface area contributed by atoms with Crippen LogP contribution in [0.2, 0.25) is 0 Å². The van der Waals surface area contributed by atoms with Crippen molar-refractivity contribution in [2.24, 2.45) is 5.73 Å². The first-order valence-electron chi connectivity index (χ1n) is 9.73. The van der Waals surface area contributed by atoms with Crippen molar-refractivity contribution in [3.05, 3.63) is 33.4 Å². The molecule has 1 saturated heterocycles. The second-order valence-corrected chi connectivity index (χ2v) is 7.76. The molecule has 1 saturated carbocycles. The number of rotatable bonds is 5. The van der Waals surface area contributed by atoms with Crippen LogP contribution in [-0.2, 0) is 0 Å². The number of fused-ring (bicyclic) bond motifs is 1. The van der Waals surface area contributed by atoms with E-state index in [0.717, 1.165) is 12.8 Å². The van der Waals surface area contributed by atoms with E-state index < -0.39 is 28.5 Å². The number of carboxylic acid groups (broad SMARTS) is 1. The number of hydrogen-bond donors (Lipinski definition) is 3. The Hall–Kier alpha value is -2.94. The second kappa shape index (κ2) is 6.84. The molecule has 2 aromatic rings. The van der Waals surface area contributed by atoms with E-state index in [0.29, 0.717) is 19.5 Å². The molecule has 5 N–H and O–H groups in total. The Kier molecular flexibility index (Phi) is 4.57. The van der Waals surface area contributed by atoms with Crippen molar-refractivity contribution in [1.29, 1.82) is 0 Å². The van der Waals surface area contributed by atoms with E-state index in [4.69, 9.17) is 11.5 Å². The number of carbonyl (C=O) groups is 2.